The van der Waals surface area contributed by atoms with Crippen LogP contribution < -0.4 is 4.90 Å². The lowest BCUT2D eigenvalue weighted by atomic mass is 9.98. The van der Waals surface area contributed by atoms with Crippen molar-refractivity contribution in [3.63, 3.8) is 0 Å². The van der Waals surface area contributed by atoms with Crippen molar-refractivity contribution in [1.82, 2.24) is 9.47 Å². The van der Waals surface area contributed by atoms with Crippen LogP contribution in [0.25, 0.3) is 11.3 Å². The summed E-state index contributed by atoms with van der Waals surface area (Å²) in [6.45, 7) is 4.33. The van der Waals surface area contributed by atoms with Crippen LogP contribution in [0.2, 0.25) is 0 Å². The van der Waals surface area contributed by atoms with Crippen LogP contribution in [0.15, 0.2) is 40.4 Å². The third-order valence-corrected chi connectivity index (χ3v) is 6.52. The maximum Gasteiger partial charge on any atom is 0.111 e. The molecule has 3 aliphatic rings. The highest BCUT2D eigenvalue weighted by atomic mass is 32.2. The summed E-state index contributed by atoms with van der Waals surface area (Å²) in [4.78, 5) is 11.2. The Morgan fingerprint density at radius 1 is 1.08 bits per heavy atom. The van der Waals surface area contributed by atoms with Crippen LogP contribution in [0.4, 0.5) is 11.4 Å². The number of thioether (sulfide) groups is 1. The number of nitrogens with zero attached hydrogens (tertiary/aromatic N) is 4. The largest absolute Gasteiger partial charge is 0.367 e. The average Bonchev–Trinajstić information content (AvgIpc) is 3.02. The zero-order valence-electron chi connectivity index (χ0n) is 15.4. The van der Waals surface area contributed by atoms with Gasteiger partial charge in [-0.2, -0.15) is 0 Å². The third kappa shape index (κ3) is 2.45. The van der Waals surface area contributed by atoms with Gasteiger partial charge < -0.3 is 14.4 Å². The van der Waals surface area contributed by atoms with Crippen LogP contribution in [0.5, 0.6) is 0 Å². The Hall–Kier alpha value is -1.98. The molecule has 0 saturated carbocycles. The number of hydrogen-bond acceptors (Lipinski definition) is 4. The van der Waals surface area contributed by atoms with Crippen molar-refractivity contribution in [1.29, 1.82) is 0 Å². The van der Waals surface area contributed by atoms with E-state index in [2.05, 4.69) is 64.4 Å². The fourth-order valence-corrected chi connectivity index (χ4v) is 4.88. The Morgan fingerprint density at radius 3 is 2.73 bits per heavy atom. The Bertz CT molecular complexity index is 916. The maximum atomic E-state index is 5.02. The summed E-state index contributed by atoms with van der Waals surface area (Å²) < 4.78 is 2.38. The van der Waals surface area contributed by atoms with Gasteiger partial charge >= 0.3 is 0 Å². The van der Waals surface area contributed by atoms with Crippen molar-refractivity contribution in [2.24, 2.45) is 4.99 Å². The highest BCUT2D eigenvalue weighted by Crippen LogP contribution is 2.45. The third-order valence-electron chi connectivity index (χ3n) is 5.75. The van der Waals surface area contributed by atoms with Crippen molar-refractivity contribution in [2.45, 2.75) is 17.7 Å². The van der Waals surface area contributed by atoms with E-state index in [4.69, 9.17) is 4.99 Å². The van der Waals surface area contributed by atoms with Crippen molar-refractivity contribution in [2.75, 3.05) is 44.4 Å². The first-order chi connectivity index (χ1) is 12.8. The maximum absolute atomic E-state index is 5.02. The lowest BCUT2D eigenvalue weighted by molar-refractivity contribution is 0.313. The van der Waals surface area contributed by atoms with E-state index < -0.39 is 0 Å². The predicted molar refractivity (Wildman–Crippen MR) is 112 cm³/mol. The molecule has 0 atom stereocenters. The summed E-state index contributed by atoms with van der Waals surface area (Å²) in [5.74, 6) is 0. The van der Waals surface area contributed by atoms with Gasteiger partial charge in [-0.25, -0.2) is 0 Å². The molecule has 134 valence electrons. The van der Waals surface area contributed by atoms with Crippen LogP contribution in [0.3, 0.4) is 0 Å². The number of likely N-dealkylation sites (N-methyl/N-ethyl adjacent to an activating group) is 1. The van der Waals surface area contributed by atoms with Crippen LogP contribution in [-0.2, 0) is 6.42 Å². The zero-order valence-corrected chi connectivity index (χ0v) is 16.2. The first-order valence-electron chi connectivity index (χ1n) is 9.36. The molecule has 0 amide bonds. The van der Waals surface area contributed by atoms with Crippen molar-refractivity contribution in [3.05, 3.63) is 41.7 Å². The molecule has 1 aromatic heterocycles. The number of aliphatic imine (C=N–C) groups is 1. The van der Waals surface area contributed by atoms with Crippen molar-refractivity contribution < 1.29 is 0 Å². The van der Waals surface area contributed by atoms with Crippen LogP contribution >= 0.6 is 11.8 Å². The molecule has 2 aliphatic heterocycles. The molecule has 1 fully saturated rings. The quantitative estimate of drug-likeness (QED) is 0.753. The van der Waals surface area contributed by atoms with E-state index >= 15 is 0 Å². The summed E-state index contributed by atoms with van der Waals surface area (Å²) in [7, 11) is 2.20. The Balaban J connectivity index is 1.72. The molecule has 26 heavy (non-hydrogen) atoms. The number of rotatable bonds is 2. The van der Waals surface area contributed by atoms with Gasteiger partial charge in [-0.05, 0) is 49.9 Å². The molecule has 5 heteroatoms. The topological polar surface area (TPSA) is 23.8 Å². The second-order valence-electron chi connectivity index (χ2n) is 7.29. The van der Waals surface area contributed by atoms with Crippen LogP contribution in [0.1, 0.15) is 17.7 Å². The molecular weight excluding hydrogens is 340 g/mol. The molecule has 0 N–H and O–H groups in total. The number of hydrogen-bond donors (Lipinski definition) is 0. The zero-order chi connectivity index (χ0) is 17.7. The van der Waals surface area contributed by atoms with Gasteiger partial charge in [0.25, 0.3) is 0 Å². The summed E-state index contributed by atoms with van der Waals surface area (Å²) >= 11 is 1.81. The van der Waals surface area contributed by atoms with Crippen molar-refractivity contribution >= 4 is 34.9 Å². The number of fused-ring (bicyclic) bond motifs is 2. The monoisotopic (exact) mass is 364 g/mol. The minimum Gasteiger partial charge on any atom is -0.367 e. The molecule has 1 aliphatic carbocycles. The standard InChI is InChI=1S/C21H24N4S/c1-23-10-12-24(13-11-23)17-6-7-18(26-2)21-19(17)22-14-16-5-3-4-15-8-9-25(21)20(15)16/h5-9,14H,3-4,10-13H2,1-2H3. The molecule has 3 heterocycles. The van der Waals surface area contributed by atoms with Crippen molar-refractivity contribution in [3.8, 4) is 5.69 Å². The molecule has 2 aromatic rings. The lowest BCUT2D eigenvalue weighted by Gasteiger charge is -2.35. The second-order valence-corrected chi connectivity index (χ2v) is 8.14. The molecule has 1 aromatic carbocycles. The number of benzene rings is 1. The van der Waals surface area contributed by atoms with E-state index in [-0.39, 0.29) is 0 Å². The normalized spacial score (nSPS) is 19.0. The highest BCUT2D eigenvalue weighted by Gasteiger charge is 2.26. The summed E-state index contributed by atoms with van der Waals surface area (Å²) in [5, 5.41) is 0. The molecule has 0 spiro atoms. The van der Waals surface area contributed by atoms with Crippen LogP contribution in [-0.4, -0.2) is 55.2 Å². The predicted octanol–water partition coefficient (Wildman–Crippen LogP) is 4.00. The van der Waals surface area contributed by atoms with Gasteiger partial charge in [-0.15, -0.1) is 11.8 Å². The van der Waals surface area contributed by atoms with E-state index in [0.717, 1.165) is 44.7 Å². The van der Waals surface area contributed by atoms with Gasteiger partial charge in [0.1, 0.15) is 5.69 Å². The fraction of sp³-hybridized carbons (Fsp3) is 0.381. The molecule has 4 nitrogen and oxygen atoms in total. The molecule has 0 bridgehead atoms. The van der Waals surface area contributed by atoms with E-state index in [1.54, 1.807) is 0 Å². The molecule has 5 rings (SSSR count). The minimum absolute atomic E-state index is 1.06. The van der Waals surface area contributed by atoms with E-state index in [9.17, 15) is 0 Å². The Kier molecular flexibility index (Phi) is 3.94. The second kappa shape index (κ2) is 6.32. The Labute approximate surface area is 159 Å². The van der Waals surface area contributed by atoms with Gasteiger partial charge in [0.2, 0.25) is 0 Å². The lowest BCUT2D eigenvalue weighted by Crippen LogP contribution is -2.44. The van der Waals surface area contributed by atoms with E-state index in [1.807, 2.05) is 11.8 Å². The molecule has 0 radical (unpaired) electrons. The smallest absolute Gasteiger partial charge is 0.111 e. The van der Waals surface area contributed by atoms with Crippen LogP contribution in [0, 0.1) is 0 Å². The minimum atomic E-state index is 1.06. The Morgan fingerprint density at radius 2 is 1.92 bits per heavy atom. The summed E-state index contributed by atoms with van der Waals surface area (Å²) in [6.07, 6.45) is 11.1. The van der Waals surface area contributed by atoms with Gasteiger partial charge in [-0.3, -0.25) is 4.99 Å². The highest BCUT2D eigenvalue weighted by molar-refractivity contribution is 7.98. The number of aromatic nitrogens is 1. The number of allylic oxidation sites excluding steroid dienone is 2. The summed E-state index contributed by atoms with van der Waals surface area (Å²) in [6, 6.07) is 6.83. The number of piperazine rings is 1. The van der Waals surface area contributed by atoms with E-state index in [1.165, 1.54) is 33.1 Å². The number of anilines is 1. The summed E-state index contributed by atoms with van der Waals surface area (Å²) in [5.41, 5.74) is 7.68. The average molecular weight is 365 g/mol. The van der Waals surface area contributed by atoms with Gasteiger partial charge in [0.15, 0.2) is 0 Å². The fourth-order valence-electron chi connectivity index (χ4n) is 4.29. The SMILES string of the molecule is CSc1ccc(N2CCN(C)CC2)c2c1-n1ccc3c1C(=CCC3)C=N2. The van der Waals surface area contributed by atoms with Gasteiger partial charge in [-0.1, -0.05) is 6.08 Å². The molecule has 0 unspecified atom stereocenters. The van der Waals surface area contributed by atoms with E-state index in [0.29, 0.717) is 0 Å². The number of aryl methyl sites for hydroxylation is 1. The molecule has 1 saturated heterocycles. The first kappa shape index (κ1) is 16.2. The first-order valence-corrected chi connectivity index (χ1v) is 10.6. The van der Waals surface area contributed by atoms with Gasteiger partial charge in [0, 0.05) is 49.1 Å². The molecular formula is C21H24N4S. The van der Waals surface area contributed by atoms with Gasteiger partial charge in [0.05, 0.1) is 17.1 Å².